The van der Waals surface area contributed by atoms with E-state index in [4.69, 9.17) is 10.2 Å². The smallest absolute Gasteiger partial charge is 0.273 e. The van der Waals surface area contributed by atoms with Crippen LogP contribution in [0.1, 0.15) is 40.8 Å². The Kier molecular flexibility index (Phi) is 4.11. The van der Waals surface area contributed by atoms with Crippen LogP contribution in [0.15, 0.2) is 34.9 Å². The molecule has 0 aliphatic heterocycles. The Balaban J connectivity index is 1.59. The molecule has 1 aromatic carbocycles. The van der Waals surface area contributed by atoms with Gasteiger partial charge in [0, 0.05) is 6.54 Å². The molecule has 0 radical (unpaired) electrons. The molecule has 1 heterocycles. The minimum absolute atomic E-state index is 0.211. The molecule has 1 amide bonds. The number of carbonyl (C=O) groups excluding carboxylic acids is 1. The van der Waals surface area contributed by atoms with Crippen LogP contribution in [0.4, 0.5) is 0 Å². The van der Waals surface area contributed by atoms with E-state index in [0.717, 1.165) is 5.56 Å². The third-order valence-corrected chi connectivity index (χ3v) is 3.71. The predicted octanol–water partition coefficient (Wildman–Crippen LogP) is 1.76. The van der Waals surface area contributed by atoms with E-state index in [2.05, 4.69) is 10.3 Å². The number of rotatable bonds is 6. The summed E-state index contributed by atoms with van der Waals surface area (Å²) in [6, 6.07) is 6.36. The molecule has 116 valence electrons. The molecule has 0 saturated heterocycles. The van der Waals surface area contributed by atoms with E-state index in [1.807, 2.05) is 0 Å². The van der Waals surface area contributed by atoms with Gasteiger partial charge in [0.15, 0.2) is 5.69 Å². The lowest BCUT2D eigenvalue weighted by Gasteiger charge is -2.07. The highest BCUT2D eigenvalue weighted by molar-refractivity contribution is 5.91. The highest BCUT2D eigenvalue weighted by atomic mass is 16.3. The van der Waals surface area contributed by atoms with Crippen molar-refractivity contribution < 1.29 is 14.3 Å². The number of nitrogens with two attached hydrogens (primary N) is 1. The largest absolute Gasteiger partial charge is 0.508 e. The highest BCUT2D eigenvalue weighted by Gasteiger charge is 2.23. The molecular weight excluding hydrogens is 282 g/mol. The third-order valence-electron chi connectivity index (χ3n) is 3.71. The maximum absolute atomic E-state index is 11.9. The van der Waals surface area contributed by atoms with Gasteiger partial charge in [-0.1, -0.05) is 12.1 Å². The van der Waals surface area contributed by atoms with Crippen molar-refractivity contribution in [2.75, 3.05) is 6.54 Å². The van der Waals surface area contributed by atoms with E-state index in [9.17, 15) is 9.90 Å². The molecule has 4 N–H and O–H groups in total. The number of benzene rings is 1. The van der Waals surface area contributed by atoms with Gasteiger partial charge in [0.1, 0.15) is 12.0 Å². The second kappa shape index (κ2) is 6.19. The Morgan fingerprint density at radius 1 is 1.41 bits per heavy atom. The third kappa shape index (κ3) is 3.65. The van der Waals surface area contributed by atoms with Gasteiger partial charge in [-0.3, -0.25) is 4.79 Å². The Morgan fingerprint density at radius 3 is 2.82 bits per heavy atom. The van der Waals surface area contributed by atoms with Gasteiger partial charge in [-0.15, -0.1) is 0 Å². The van der Waals surface area contributed by atoms with Crippen molar-refractivity contribution in [1.29, 1.82) is 0 Å². The standard InChI is InChI=1S/C16H19N3O3/c17-13(7-10-3-5-12(20)6-4-10)16-19-14(9-22-16)15(21)18-8-11-1-2-11/h3-6,9,11,13,20H,1-2,7-8,17H2,(H,18,21). The van der Waals surface area contributed by atoms with Gasteiger partial charge < -0.3 is 20.6 Å². The van der Waals surface area contributed by atoms with Crippen molar-refractivity contribution in [2.24, 2.45) is 11.7 Å². The van der Waals surface area contributed by atoms with Crippen molar-refractivity contribution in [2.45, 2.75) is 25.3 Å². The lowest BCUT2D eigenvalue weighted by atomic mass is 10.1. The van der Waals surface area contributed by atoms with Crippen molar-refractivity contribution in [3.8, 4) is 5.75 Å². The fourth-order valence-corrected chi connectivity index (χ4v) is 2.19. The first-order chi connectivity index (χ1) is 10.6. The summed E-state index contributed by atoms with van der Waals surface area (Å²) in [5.74, 6) is 0.943. The zero-order chi connectivity index (χ0) is 15.5. The van der Waals surface area contributed by atoms with Crippen molar-refractivity contribution in [3.63, 3.8) is 0 Å². The van der Waals surface area contributed by atoms with Gasteiger partial charge in [0.25, 0.3) is 5.91 Å². The van der Waals surface area contributed by atoms with Crippen molar-refractivity contribution >= 4 is 5.91 Å². The van der Waals surface area contributed by atoms with Gasteiger partial charge in [0.05, 0.1) is 6.04 Å². The van der Waals surface area contributed by atoms with E-state index in [1.165, 1.54) is 19.1 Å². The topological polar surface area (TPSA) is 101 Å². The molecule has 1 atom stereocenters. The van der Waals surface area contributed by atoms with Gasteiger partial charge in [0.2, 0.25) is 5.89 Å². The summed E-state index contributed by atoms with van der Waals surface area (Å²) in [5, 5.41) is 12.1. The van der Waals surface area contributed by atoms with Crippen LogP contribution in [-0.2, 0) is 6.42 Å². The molecular formula is C16H19N3O3. The summed E-state index contributed by atoms with van der Waals surface area (Å²) in [6.07, 6.45) is 4.22. The summed E-state index contributed by atoms with van der Waals surface area (Å²) >= 11 is 0. The highest BCUT2D eigenvalue weighted by Crippen LogP contribution is 2.27. The molecule has 1 aliphatic rings. The lowest BCUT2D eigenvalue weighted by molar-refractivity contribution is 0.0946. The molecule has 1 aromatic heterocycles. The van der Waals surface area contributed by atoms with Gasteiger partial charge in [-0.25, -0.2) is 4.98 Å². The molecule has 1 aliphatic carbocycles. The molecule has 22 heavy (non-hydrogen) atoms. The van der Waals surface area contributed by atoms with Gasteiger partial charge in [-0.2, -0.15) is 0 Å². The van der Waals surface area contributed by atoms with Crippen LogP contribution in [0.2, 0.25) is 0 Å². The summed E-state index contributed by atoms with van der Waals surface area (Å²) < 4.78 is 5.32. The van der Waals surface area contributed by atoms with E-state index in [-0.39, 0.29) is 17.4 Å². The molecule has 2 aromatic rings. The maximum atomic E-state index is 11.9. The second-order valence-electron chi connectivity index (χ2n) is 5.70. The van der Waals surface area contributed by atoms with Crippen LogP contribution in [0.25, 0.3) is 0 Å². The zero-order valence-corrected chi connectivity index (χ0v) is 12.2. The quantitative estimate of drug-likeness (QED) is 0.754. The first-order valence-electron chi connectivity index (χ1n) is 7.39. The molecule has 1 saturated carbocycles. The number of nitrogens with one attached hydrogen (secondary N) is 1. The van der Waals surface area contributed by atoms with E-state index < -0.39 is 6.04 Å². The number of phenolic OH excluding ortho intramolecular Hbond substituents is 1. The number of aromatic hydroxyl groups is 1. The summed E-state index contributed by atoms with van der Waals surface area (Å²) in [5.41, 5.74) is 7.28. The molecule has 6 nitrogen and oxygen atoms in total. The molecule has 3 rings (SSSR count). The molecule has 6 heteroatoms. The normalized spacial score (nSPS) is 15.5. The number of aromatic nitrogens is 1. The summed E-state index contributed by atoms with van der Waals surface area (Å²) in [6.45, 7) is 0.695. The molecule has 1 fully saturated rings. The predicted molar refractivity (Wildman–Crippen MR) is 80.3 cm³/mol. The zero-order valence-electron chi connectivity index (χ0n) is 12.2. The number of oxazole rings is 1. The Bertz CT molecular complexity index is 647. The SMILES string of the molecule is NC(Cc1ccc(O)cc1)c1nc(C(=O)NCC2CC2)co1. The Labute approximate surface area is 128 Å². The number of carbonyl (C=O) groups is 1. The average molecular weight is 301 g/mol. The van der Waals surface area contributed by atoms with E-state index in [0.29, 0.717) is 24.8 Å². The monoisotopic (exact) mass is 301 g/mol. The average Bonchev–Trinajstić information content (AvgIpc) is 3.21. The number of nitrogens with zero attached hydrogens (tertiary/aromatic N) is 1. The van der Waals surface area contributed by atoms with Crippen LogP contribution in [-0.4, -0.2) is 22.5 Å². The summed E-state index contributed by atoms with van der Waals surface area (Å²) in [4.78, 5) is 16.1. The lowest BCUT2D eigenvalue weighted by Crippen LogP contribution is -2.26. The minimum Gasteiger partial charge on any atom is -0.508 e. The Morgan fingerprint density at radius 2 is 2.14 bits per heavy atom. The molecule has 0 bridgehead atoms. The van der Waals surface area contributed by atoms with Crippen LogP contribution in [0, 0.1) is 5.92 Å². The number of hydrogen-bond donors (Lipinski definition) is 3. The number of hydrogen-bond acceptors (Lipinski definition) is 5. The first-order valence-corrected chi connectivity index (χ1v) is 7.39. The Hall–Kier alpha value is -2.34. The van der Waals surface area contributed by atoms with Gasteiger partial charge >= 0.3 is 0 Å². The maximum Gasteiger partial charge on any atom is 0.273 e. The second-order valence-corrected chi connectivity index (χ2v) is 5.70. The van der Waals surface area contributed by atoms with Crippen LogP contribution < -0.4 is 11.1 Å². The number of amides is 1. The van der Waals surface area contributed by atoms with Crippen molar-refractivity contribution in [3.05, 3.63) is 47.7 Å². The van der Waals surface area contributed by atoms with Crippen LogP contribution in [0.3, 0.4) is 0 Å². The van der Waals surface area contributed by atoms with Crippen LogP contribution in [0.5, 0.6) is 5.75 Å². The first kappa shape index (κ1) is 14.6. The molecule has 1 unspecified atom stereocenters. The number of phenols is 1. The minimum atomic E-state index is -0.436. The fraction of sp³-hybridized carbons (Fsp3) is 0.375. The van der Waals surface area contributed by atoms with Crippen molar-refractivity contribution in [1.82, 2.24) is 10.3 Å². The fourth-order valence-electron chi connectivity index (χ4n) is 2.19. The van der Waals surface area contributed by atoms with Crippen LogP contribution >= 0.6 is 0 Å². The van der Waals surface area contributed by atoms with E-state index in [1.54, 1.807) is 24.3 Å². The van der Waals surface area contributed by atoms with E-state index >= 15 is 0 Å². The van der Waals surface area contributed by atoms with Gasteiger partial charge in [-0.05, 0) is 42.9 Å². The molecule has 0 spiro atoms. The summed E-state index contributed by atoms with van der Waals surface area (Å²) in [7, 11) is 0.